The molecule has 2 rings (SSSR count). The molecular formula is C13H12O3S2. The molecule has 2 aromatic heterocycles. The predicted molar refractivity (Wildman–Crippen MR) is 73.5 cm³/mol. The van der Waals surface area contributed by atoms with E-state index in [0.717, 1.165) is 20.9 Å². The lowest BCUT2D eigenvalue weighted by Gasteiger charge is -2.05. The van der Waals surface area contributed by atoms with Gasteiger partial charge in [-0.1, -0.05) is 0 Å². The molecule has 3 nitrogen and oxygen atoms in total. The number of aldehydes is 1. The molecule has 0 saturated heterocycles. The molecule has 1 unspecified atom stereocenters. The van der Waals surface area contributed by atoms with Crippen molar-refractivity contribution in [2.24, 2.45) is 0 Å². The molecule has 0 fully saturated rings. The minimum absolute atomic E-state index is 0.233. The maximum absolute atomic E-state index is 11.4. The van der Waals surface area contributed by atoms with Gasteiger partial charge in [-0.15, -0.1) is 22.7 Å². The number of rotatable bonds is 4. The van der Waals surface area contributed by atoms with Crippen LogP contribution in [0.25, 0.3) is 9.75 Å². The summed E-state index contributed by atoms with van der Waals surface area (Å²) in [5.41, 5.74) is 0. The van der Waals surface area contributed by atoms with E-state index >= 15 is 0 Å². The van der Waals surface area contributed by atoms with Gasteiger partial charge >= 0.3 is 5.97 Å². The van der Waals surface area contributed by atoms with Crippen molar-refractivity contribution in [3.63, 3.8) is 0 Å². The normalized spacial score (nSPS) is 12.1. The summed E-state index contributed by atoms with van der Waals surface area (Å²) in [6.45, 7) is 1.83. The van der Waals surface area contributed by atoms with E-state index in [4.69, 9.17) is 4.74 Å². The van der Waals surface area contributed by atoms with Gasteiger partial charge in [0.15, 0.2) is 6.29 Å². The average Bonchev–Trinajstić information content (AvgIpc) is 3.04. The van der Waals surface area contributed by atoms with E-state index in [0.29, 0.717) is 4.88 Å². The summed E-state index contributed by atoms with van der Waals surface area (Å²) in [6, 6.07) is 7.63. The van der Waals surface area contributed by atoms with E-state index in [2.05, 4.69) is 0 Å². The number of carbonyl (C=O) groups is 2. The van der Waals surface area contributed by atoms with Crippen LogP contribution in [0.3, 0.4) is 0 Å². The lowest BCUT2D eigenvalue weighted by Crippen LogP contribution is -2.09. The summed E-state index contributed by atoms with van der Waals surface area (Å²) >= 11 is 3.01. The quantitative estimate of drug-likeness (QED) is 0.635. The van der Waals surface area contributed by atoms with Crippen LogP contribution in [-0.2, 0) is 9.53 Å². The zero-order valence-electron chi connectivity index (χ0n) is 10.0. The van der Waals surface area contributed by atoms with Gasteiger partial charge in [0.05, 0.1) is 17.9 Å². The highest BCUT2D eigenvalue weighted by Crippen LogP contribution is 2.35. The monoisotopic (exact) mass is 280 g/mol. The Balaban J connectivity index is 2.24. The van der Waals surface area contributed by atoms with Crippen LogP contribution < -0.4 is 0 Å². The van der Waals surface area contributed by atoms with E-state index in [1.807, 2.05) is 25.1 Å². The fourth-order valence-electron chi connectivity index (χ4n) is 1.56. The first kappa shape index (κ1) is 13.0. The van der Waals surface area contributed by atoms with Gasteiger partial charge in [0.1, 0.15) is 0 Å². The first-order chi connectivity index (χ1) is 8.65. The fraction of sp³-hybridized carbons (Fsp3) is 0.231. The average molecular weight is 280 g/mol. The van der Waals surface area contributed by atoms with Crippen molar-refractivity contribution in [2.75, 3.05) is 7.11 Å². The molecule has 1 atom stereocenters. The molecule has 2 aromatic rings. The Hall–Kier alpha value is -1.46. The third-order valence-corrected chi connectivity index (χ3v) is 5.07. The summed E-state index contributed by atoms with van der Waals surface area (Å²) in [7, 11) is 1.39. The molecule has 0 aromatic carbocycles. The van der Waals surface area contributed by atoms with Crippen molar-refractivity contribution >= 4 is 34.9 Å². The third kappa shape index (κ3) is 2.52. The smallest absolute Gasteiger partial charge is 0.313 e. The highest BCUT2D eigenvalue weighted by molar-refractivity contribution is 7.23. The molecule has 0 bridgehead atoms. The Labute approximate surface area is 113 Å². The molecular weight excluding hydrogens is 268 g/mol. The number of hydrogen-bond donors (Lipinski definition) is 0. The molecule has 0 radical (unpaired) electrons. The second kappa shape index (κ2) is 5.46. The summed E-state index contributed by atoms with van der Waals surface area (Å²) in [4.78, 5) is 25.9. The molecule has 2 heterocycles. The van der Waals surface area contributed by atoms with Gasteiger partial charge in [-0.3, -0.25) is 9.59 Å². The van der Waals surface area contributed by atoms with Crippen LogP contribution in [0.4, 0.5) is 0 Å². The van der Waals surface area contributed by atoms with Crippen molar-refractivity contribution in [3.05, 3.63) is 34.0 Å². The standard InChI is InChI=1S/C13H12O3S2/c1-8(13(15)16-2)10-5-6-12(18-10)11-4-3-9(7-14)17-11/h3-8H,1-2H3. The molecule has 0 saturated carbocycles. The maximum Gasteiger partial charge on any atom is 0.313 e. The van der Waals surface area contributed by atoms with E-state index in [9.17, 15) is 9.59 Å². The number of esters is 1. The van der Waals surface area contributed by atoms with Gasteiger partial charge < -0.3 is 4.74 Å². The van der Waals surface area contributed by atoms with Gasteiger partial charge in [0, 0.05) is 14.6 Å². The lowest BCUT2D eigenvalue weighted by atomic mass is 10.1. The summed E-state index contributed by atoms with van der Waals surface area (Å²) in [6.07, 6.45) is 0.847. The van der Waals surface area contributed by atoms with Crippen LogP contribution in [0.15, 0.2) is 24.3 Å². The fourth-order valence-corrected chi connectivity index (χ4v) is 3.52. The van der Waals surface area contributed by atoms with Crippen molar-refractivity contribution in [1.29, 1.82) is 0 Å². The minimum Gasteiger partial charge on any atom is -0.469 e. The van der Waals surface area contributed by atoms with Crippen molar-refractivity contribution in [3.8, 4) is 9.75 Å². The summed E-state index contributed by atoms with van der Waals surface area (Å²) in [5, 5.41) is 0. The Morgan fingerprint density at radius 2 is 1.89 bits per heavy atom. The van der Waals surface area contributed by atoms with Crippen molar-refractivity contribution in [1.82, 2.24) is 0 Å². The Morgan fingerprint density at radius 3 is 2.50 bits per heavy atom. The van der Waals surface area contributed by atoms with Gasteiger partial charge in [0.2, 0.25) is 0 Å². The third-order valence-electron chi connectivity index (χ3n) is 2.59. The summed E-state index contributed by atoms with van der Waals surface area (Å²) in [5.74, 6) is -0.484. The van der Waals surface area contributed by atoms with Crippen LogP contribution >= 0.6 is 22.7 Å². The Morgan fingerprint density at radius 1 is 1.22 bits per heavy atom. The highest BCUT2D eigenvalue weighted by atomic mass is 32.1. The molecule has 5 heteroatoms. The van der Waals surface area contributed by atoms with E-state index in [1.54, 1.807) is 17.4 Å². The van der Waals surface area contributed by atoms with Crippen LogP contribution in [-0.4, -0.2) is 19.4 Å². The van der Waals surface area contributed by atoms with Gasteiger partial charge in [-0.25, -0.2) is 0 Å². The number of methoxy groups -OCH3 is 1. The number of carbonyl (C=O) groups excluding carboxylic acids is 2. The van der Waals surface area contributed by atoms with E-state index < -0.39 is 0 Å². The molecule has 0 amide bonds. The minimum atomic E-state index is -0.251. The first-order valence-corrected chi connectivity index (χ1v) is 7.02. The molecule has 18 heavy (non-hydrogen) atoms. The Kier molecular flexibility index (Phi) is 3.93. The topological polar surface area (TPSA) is 43.4 Å². The molecule has 0 aliphatic carbocycles. The second-order valence-corrected chi connectivity index (χ2v) is 6.00. The van der Waals surface area contributed by atoms with E-state index in [1.165, 1.54) is 18.4 Å². The Bertz CT molecular complexity index is 568. The largest absolute Gasteiger partial charge is 0.469 e. The van der Waals surface area contributed by atoms with Crippen molar-refractivity contribution < 1.29 is 14.3 Å². The maximum atomic E-state index is 11.4. The SMILES string of the molecule is COC(=O)C(C)c1ccc(-c2ccc(C=O)s2)s1. The molecule has 0 aliphatic rings. The second-order valence-electron chi connectivity index (χ2n) is 3.77. The van der Waals surface area contributed by atoms with Gasteiger partial charge in [-0.05, 0) is 31.2 Å². The first-order valence-electron chi connectivity index (χ1n) is 5.38. The van der Waals surface area contributed by atoms with Crippen LogP contribution in [0.1, 0.15) is 27.4 Å². The number of thiophene rings is 2. The van der Waals surface area contributed by atoms with Crippen molar-refractivity contribution in [2.45, 2.75) is 12.8 Å². The molecule has 0 N–H and O–H groups in total. The van der Waals surface area contributed by atoms with Crippen LogP contribution in [0, 0.1) is 0 Å². The van der Waals surface area contributed by atoms with E-state index in [-0.39, 0.29) is 11.9 Å². The molecule has 0 spiro atoms. The number of hydrogen-bond acceptors (Lipinski definition) is 5. The molecule has 94 valence electrons. The van der Waals surface area contributed by atoms with Gasteiger partial charge in [-0.2, -0.15) is 0 Å². The predicted octanol–water partition coefficient (Wildman–Crippen LogP) is 3.57. The summed E-state index contributed by atoms with van der Waals surface area (Å²) < 4.78 is 4.73. The van der Waals surface area contributed by atoms with Crippen LogP contribution in [0.2, 0.25) is 0 Å². The number of ether oxygens (including phenoxy) is 1. The van der Waals surface area contributed by atoms with Gasteiger partial charge in [0.25, 0.3) is 0 Å². The highest BCUT2D eigenvalue weighted by Gasteiger charge is 2.18. The lowest BCUT2D eigenvalue weighted by molar-refractivity contribution is -0.141. The molecule has 0 aliphatic heterocycles. The zero-order valence-corrected chi connectivity index (χ0v) is 11.6. The van der Waals surface area contributed by atoms with Crippen LogP contribution in [0.5, 0.6) is 0 Å². The zero-order chi connectivity index (χ0) is 13.1.